The minimum Gasteiger partial charge on any atom is -0.462 e. The van der Waals surface area contributed by atoms with E-state index in [1.54, 1.807) is 0 Å². The van der Waals surface area contributed by atoms with Crippen molar-refractivity contribution < 1.29 is 47.8 Å². The Balaban J connectivity index is 4.23. The number of hydrogen-bond donors (Lipinski definition) is 3. The van der Waals surface area contributed by atoms with Crippen LogP contribution in [0.5, 0.6) is 0 Å². The molecule has 57 heavy (non-hydrogen) atoms. The highest BCUT2D eigenvalue weighted by Gasteiger charge is 2.27. The number of allylic oxidation sites excluding steroid dienone is 4. The van der Waals surface area contributed by atoms with Crippen LogP contribution in [0.4, 0.5) is 0 Å². The second kappa shape index (κ2) is 42.6. The quantitative estimate of drug-likeness (QED) is 0.0234. The molecule has 0 aromatic carbocycles. The molecule has 0 heterocycles. The molecule has 0 aromatic heterocycles. The molecule has 0 amide bonds. The second-order valence-electron chi connectivity index (χ2n) is 15.8. The first-order chi connectivity index (χ1) is 27.7. The molecule has 0 saturated carbocycles. The standard InChI is InChI=1S/C46H87O10P/c1-3-5-7-9-11-13-15-17-19-20-21-22-24-26-28-30-32-34-36-38-46(50)56-44(42-55-57(51,52)54-40-43(48)39-47)41-53-45(49)37-35-33-31-29-27-25-23-18-16-14-12-10-8-6-4-2/h14,16-17,19,43-44,47-48H,3-13,15,18,20-42H2,1-2H3,(H,51,52)/b16-14+,19-17+/t43-,44+/m0/s1. The van der Waals surface area contributed by atoms with Gasteiger partial charge in [-0.15, -0.1) is 0 Å². The molecule has 0 saturated heterocycles. The van der Waals surface area contributed by atoms with Crippen molar-refractivity contribution in [3.05, 3.63) is 24.3 Å². The summed E-state index contributed by atoms with van der Waals surface area (Å²) in [6, 6.07) is 0. The van der Waals surface area contributed by atoms with Gasteiger partial charge in [0.05, 0.1) is 19.8 Å². The first-order valence-electron chi connectivity index (χ1n) is 23.3. The molecule has 0 aliphatic rings. The van der Waals surface area contributed by atoms with Crippen LogP contribution in [0, 0.1) is 0 Å². The maximum atomic E-state index is 12.6. The summed E-state index contributed by atoms with van der Waals surface area (Å²) in [5.41, 5.74) is 0. The Morgan fingerprint density at radius 1 is 0.509 bits per heavy atom. The molecule has 0 rings (SSSR count). The highest BCUT2D eigenvalue weighted by molar-refractivity contribution is 7.47. The molecule has 3 atom stereocenters. The minimum atomic E-state index is -4.62. The molecule has 0 spiro atoms. The van der Waals surface area contributed by atoms with Crippen molar-refractivity contribution in [3.8, 4) is 0 Å². The van der Waals surface area contributed by atoms with Crippen molar-refractivity contribution in [1.29, 1.82) is 0 Å². The number of aliphatic hydroxyl groups excluding tert-OH is 2. The van der Waals surface area contributed by atoms with E-state index in [2.05, 4.69) is 38.2 Å². The molecule has 0 aliphatic heterocycles. The van der Waals surface area contributed by atoms with Crippen molar-refractivity contribution >= 4 is 19.8 Å². The maximum absolute atomic E-state index is 12.6. The van der Waals surface area contributed by atoms with Gasteiger partial charge in [-0.25, -0.2) is 4.57 Å². The van der Waals surface area contributed by atoms with Crippen LogP contribution in [0.1, 0.15) is 219 Å². The molecule has 0 bridgehead atoms. The number of carbonyl (C=O) groups excluding carboxylic acids is 2. The number of rotatable bonds is 44. The van der Waals surface area contributed by atoms with E-state index in [-0.39, 0.29) is 19.4 Å². The molecule has 1 unspecified atom stereocenters. The van der Waals surface area contributed by atoms with E-state index in [4.69, 9.17) is 23.6 Å². The Morgan fingerprint density at radius 2 is 0.860 bits per heavy atom. The van der Waals surface area contributed by atoms with Crippen molar-refractivity contribution in [2.45, 2.75) is 232 Å². The van der Waals surface area contributed by atoms with Crippen molar-refractivity contribution in [2.75, 3.05) is 26.4 Å². The molecular formula is C46H87O10P. The lowest BCUT2D eigenvalue weighted by Gasteiger charge is -2.20. The minimum absolute atomic E-state index is 0.183. The second-order valence-corrected chi connectivity index (χ2v) is 17.2. The number of ether oxygens (including phenoxy) is 2. The van der Waals surface area contributed by atoms with Crippen LogP contribution in [-0.4, -0.2) is 65.7 Å². The van der Waals surface area contributed by atoms with Crippen molar-refractivity contribution in [2.24, 2.45) is 0 Å². The van der Waals surface area contributed by atoms with E-state index in [1.165, 1.54) is 135 Å². The Morgan fingerprint density at radius 3 is 1.28 bits per heavy atom. The van der Waals surface area contributed by atoms with E-state index in [9.17, 15) is 24.2 Å². The van der Waals surface area contributed by atoms with Crippen molar-refractivity contribution in [3.63, 3.8) is 0 Å². The fourth-order valence-electron chi connectivity index (χ4n) is 6.45. The number of aliphatic hydroxyl groups is 2. The van der Waals surface area contributed by atoms with E-state index in [0.717, 1.165) is 44.9 Å². The molecule has 0 radical (unpaired) electrons. The highest BCUT2D eigenvalue weighted by atomic mass is 31.2. The van der Waals surface area contributed by atoms with Crippen LogP contribution in [0.15, 0.2) is 24.3 Å². The monoisotopic (exact) mass is 831 g/mol. The van der Waals surface area contributed by atoms with E-state index < -0.39 is 51.8 Å². The van der Waals surface area contributed by atoms with Crippen LogP contribution in [0.3, 0.4) is 0 Å². The normalized spacial score (nSPS) is 14.0. The summed E-state index contributed by atoms with van der Waals surface area (Å²) in [5.74, 6) is -0.925. The topological polar surface area (TPSA) is 149 Å². The lowest BCUT2D eigenvalue weighted by atomic mass is 10.1. The summed E-state index contributed by atoms with van der Waals surface area (Å²) in [6.45, 7) is 2.38. The third-order valence-electron chi connectivity index (χ3n) is 10.1. The number of hydrogen-bond acceptors (Lipinski definition) is 9. The molecule has 0 aliphatic carbocycles. The van der Waals surface area contributed by atoms with Gasteiger partial charge < -0.3 is 24.6 Å². The van der Waals surface area contributed by atoms with Crippen molar-refractivity contribution in [1.82, 2.24) is 0 Å². The number of esters is 2. The molecule has 11 heteroatoms. The number of unbranched alkanes of at least 4 members (excludes halogenated alkanes) is 26. The van der Waals surface area contributed by atoms with Gasteiger partial charge in [0, 0.05) is 12.8 Å². The zero-order valence-corrected chi connectivity index (χ0v) is 37.5. The summed E-state index contributed by atoms with van der Waals surface area (Å²) in [5, 5.41) is 18.4. The highest BCUT2D eigenvalue weighted by Crippen LogP contribution is 2.43. The molecule has 10 nitrogen and oxygen atoms in total. The third kappa shape index (κ3) is 42.4. The Labute approximate surface area is 348 Å². The van der Waals surface area contributed by atoms with Gasteiger partial charge in [-0.2, -0.15) is 0 Å². The zero-order valence-electron chi connectivity index (χ0n) is 36.6. The van der Waals surface area contributed by atoms with Crippen LogP contribution in [0.25, 0.3) is 0 Å². The summed E-state index contributed by atoms with van der Waals surface area (Å²) >= 11 is 0. The number of carbonyl (C=O) groups is 2. The smallest absolute Gasteiger partial charge is 0.462 e. The van der Waals surface area contributed by atoms with Gasteiger partial charge in [-0.05, 0) is 64.2 Å². The van der Waals surface area contributed by atoms with E-state index in [0.29, 0.717) is 12.8 Å². The average Bonchev–Trinajstić information content (AvgIpc) is 3.20. The number of phosphoric acid groups is 1. The molecular weight excluding hydrogens is 743 g/mol. The molecule has 0 aromatic rings. The van der Waals surface area contributed by atoms with Gasteiger partial charge >= 0.3 is 19.8 Å². The lowest BCUT2D eigenvalue weighted by molar-refractivity contribution is -0.161. The van der Waals surface area contributed by atoms with Gasteiger partial charge in [-0.3, -0.25) is 18.6 Å². The average molecular weight is 831 g/mol. The summed E-state index contributed by atoms with van der Waals surface area (Å²) < 4.78 is 32.8. The van der Waals surface area contributed by atoms with Gasteiger partial charge in [0.15, 0.2) is 6.10 Å². The molecule has 0 fully saturated rings. The summed E-state index contributed by atoms with van der Waals surface area (Å²) in [7, 11) is -4.62. The van der Waals surface area contributed by atoms with Gasteiger partial charge in [0.25, 0.3) is 0 Å². The van der Waals surface area contributed by atoms with Crippen LogP contribution in [0.2, 0.25) is 0 Å². The zero-order chi connectivity index (χ0) is 41.9. The Kier molecular flexibility index (Phi) is 41.4. The number of phosphoric ester groups is 1. The summed E-state index contributed by atoms with van der Waals surface area (Å²) in [6.07, 6.45) is 42.8. The summed E-state index contributed by atoms with van der Waals surface area (Å²) in [4.78, 5) is 35.0. The van der Waals surface area contributed by atoms with Crippen LogP contribution >= 0.6 is 7.82 Å². The first-order valence-corrected chi connectivity index (χ1v) is 24.8. The lowest BCUT2D eigenvalue weighted by Crippen LogP contribution is -2.29. The maximum Gasteiger partial charge on any atom is 0.472 e. The van der Waals surface area contributed by atoms with Crippen LogP contribution < -0.4 is 0 Å². The SMILES string of the molecule is CCCCCC/C=C/CCCCCCCCCC(=O)OC[C@H](COP(=O)(O)OC[C@@H](O)CO)OC(=O)CCCCCCCCCCC/C=C/CCCCCCCC. The fraction of sp³-hybridized carbons (Fsp3) is 0.870. The molecule has 336 valence electrons. The van der Waals surface area contributed by atoms with E-state index in [1.807, 2.05) is 0 Å². The van der Waals surface area contributed by atoms with Gasteiger partial charge in [0.2, 0.25) is 0 Å². The third-order valence-corrected chi connectivity index (χ3v) is 11.0. The Hall–Kier alpha value is -1.55. The van der Waals surface area contributed by atoms with E-state index >= 15 is 0 Å². The first kappa shape index (κ1) is 55.5. The predicted octanol–water partition coefficient (Wildman–Crippen LogP) is 12.6. The predicted molar refractivity (Wildman–Crippen MR) is 233 cm³/mol. The van der Waals surface area contributed by atoms with Gasteiger partial charge in [0.1, 0.15) is 12.7 Å². The molecule has 3 N–H and O–H groups in total. The fourth-order valence-corrected chi connectivity index (χ4v) is 7.24. The van der Waals surface area contributed by atoms with Crippen LogP contribution in [-0.2, 0) is 32.7 Å². The Bertz CT molecular complexity index is 1000. The van der Waals surface area contributed by atoms with Gasteiger partial charge in [-0.1, -0.05) is 167 Å². The largest absolute Gasteiger partial charge is 0.472 e.